The van der Waals surface area contributed by atoms with Gasteiger partial charge in [-0.05, 0) is 11.4 Å². The SMILES string of the molecule is c1csc(-c2noc(CN3CCN(C4CNC4)CC3)n2)c1. The van der Waals surface area contributed by atoms with Crippen molar-refractivity contribution in [3.8, 4) is 10.7 Å². The lowest BCUT2D eigenvalue weighted by molar-refractivity contribution is 0.0647. The largest absolute Gasteiger partial charge is 0.338 e. The van der Waals surface area contributed by atoms with Crippen molar-refractivity contribution >= 4 is 11.3 Å². The molecule has 7 heteroatoms. The molecular weight excluding hydrogens is 286 g/mol. The molecular formula is C14H19N5OS. The van der Waals surface area contributed by atoms with Crippen molar-refractivity contribution in [1.29, 1.82) is 0 Å². The molecule has 21 heavy (non-hydrogen) atoms. The fourth-order valence-electron chi connectivity index (χ4n) is 2.83. The molecule has 0 unspecified atom stereocenters. The van der Waals surface area contributed by atoms with Gasteiger partial charge >= 0.3 is 0 Å². The van der Waals surface area contributed by atoms with Crippen molar-refractivity contribution in [3.63, 3.8) is 0 Å². The summed E-state index contributed by atoms with van der Waals surface area (Å²) in [6.45, 7) is 7.48. The van der Waals surface area contributed by atoms with Crippen molar-refractivity contribution in [2.75, 3.05) is 39.3 Å². The highest BCUT2D eigenvalue weighted by Gasteiger charge is 2.28. The predicted molar refractivity (Wildman–Crippen MR) is 81.1 cm³/mol. The molecule has 0 amide bonds. The smallest absolute Gasteiger partial charge is 0.241 e. The molecule has 0 saturated carbocycles. The molecule has 2 aliphatic rings. The Balaban J connectivity index is 1.32. The first-order valence-corrected chi connectivity index (χ1v) is 8.30. The summed E-state index contributed by atoms with van der Waals surface area (Å²) in [6.07, 6.45) is 0. The Labute approximate surface area is 127 Å². The number of rotatable bonds is 4. The van der Waals surface area contributed by atoms with Crippen LogP contribution in [0.15, 0.2) is 22.0 Å². The molecule has 4 rings (SSSR count). The molecule has 6 nitrogen and oxygen atoms in total. The number of hydrogen-bond acceptors (Lipinski definition) is 7. The van der Waals surface area contributed by atoms with E-state index < -0.39 is 0 Å². The first kappa shape index (κ1) is 13.4. The average molecular weight is 305 g/mol. The first-order valence-electron chi connectivity index (χ1n) is 7.42. The zero-order chi connectivity index (χ0) is 14.1. The minimum atomic E-state index is 0.708. The van der Waals surface area contributed by atoms with E-state index in [4.69, 9.17) is 4.52 Å². The number of nitrogens with one attached hydrogen (secondary N) is 1. The maximum absolute atomic E-state index is 5.38. The van der Waals surface area contributed by atoms with Gasteiger partial charge in [-0.2, -0.15) is 4.98 Å². The molecule has 112 valence electrons. The molecule has 0 aliphatic carbocycles. The van der Waals surface area contributed by atoms with Gasteiger partial charge in [-0.1, -0.05) is 11.2 Å². The Hall–Kier alpha value is -1.28. The second-order valence-electron chi connectivity index (χ2n) is 5.61. The zero-order valence-electron chi connectivity index (χ0n) is 11.9. The van der Waals surface area contributed by atoms with Crippen LogP contribution in [0.3, 0.4) is 0 Å². The second-order valence-corrected chi connectivity index (χ2v) is 6.56. The number of piperazine rings is 1. The minimum absolute atomic E-state index is 0.708. The Kier molecular flexibility index (Phi) is 3.72. The third-order valence-electron chi connectivity index (χ3n) is 4.25. The highest BCUT2D eigenvalue weighted by Crippen LogP contribution is 2.21. The van der Waals surface area contributed by atoms with Crippen LogP contribution in [0.25, 0.3) is 10.7 Å². The van der Waals surface area contributed by atoms with Crippen LogP contribution in [0.5, 0.6) is 0 Å². The second kappa shape index (κ2) is 5.84. The molecule has 2 fully saturated rings. The molecule has 0 spiro atoms. The van der Waals surface area contributed by atoms with E-state index in [-0.39, 0.29) is 0 Å². The van der Waals surface area contributed by atoms with Crippen molar-refractivity contribution < 1.29 is 4.52 Å². The Morgan fingerprint density at radius 3 is 2.81 bits per heavy atom. The summed E-state index contributed by atoms with van der Waals surface area (Å²) >= 11 is 1.64. The van der Waals surface area contributed by atoms with E-state index >= 15 is 0 Å². The van der Waals surface area contributed by atoms with E-state index in [1.165, 1.54) is 0 Å². The van der Waals surface area contributed by atoms with Gasteiger partial charge in [-0.25, -0.2) is 0 Å². The third-order valence-corrected chi connectivity index (χ3v) is 5.12. The third kappa shape index (κ3) is 2.87. The Morgan fingerprint density at radius 1 is 1.29 bits per heavy atom. The lowest BCUT2D eigenvalue weighted by Crippen LogP contribution is -2.61. The quantitative estimate of drug-likeness (QED) is 0.905. The van der Waals surface area contributed by atoms with Crippen LogP contribution in [0, 0.1) is 0 Å². The van der Waals surface area contributed by atoms with Crippen LogP contribution in [-0.2, 0) is 6.54 Å². The van der Waals surface area contributed by atoms with E-state index in [0.29, 0.717) is 5.82 Å². The van der Waals surface area contributed by atoms with E-state index in [1.54, 1.807) is 11.3 Å². The maximum atomic E-state index is 5.38. The van der Waals surface area contributed by atoms with Gasteiger partial charge < -0.3 is 9.84 Å². The van der Waals surface area contributed by atoms with Crippen molar-refractivity contribution in [3.05, 3.63) is 23.4 Å². The molecule has 1 N–H and O–H groups in total. The van der Waals surface area contributed by atoms with Gasteiger partial charge in [0.15, 0.2) is 0 Å². The van der Waals surface area contributed by atoms with Crippen LogP contribution < -0.4 is 5.32 Å². The highest BCUT2D eigenvalue weighted by molar-refractivity contribution is 7.13. The summed E-state index contributed by atoms with van der Waals surface area (Å²) in [4.78, 5) is 10.5. The molecule has 0 bridgehead atoms. The molecule has 2 aromatic rings. The van der Waals surface area contributed by atoms with Crippen LogP contribution >= 0.6 is 11.3 Å². The Morgan fingerprint density at radius 2 is 2.14 bits per heavy atom. The van der Waals surface area contributed by atoms with Crippen LogP contribution in [0.4, 0.5) is 0 Å². The van der Waals surface area contributed by atoms with Gasteiger partial charge in [0.1, 0.15) is 0 Å². The van der Waals surface area contributed by atoms with E-state index in [9.17, 15) is 0 Å². The summed E-state index contributed by atoms with van der Waals surface area (Å²) in [6, 6.07) is 4.77. The summed E-state index contributed by atoms with van der Waals surface area (Å²) < 4.78 is 5.38. The molecule has 4 heterocycles. The first-order chi connectivity index (χ1) is 10.4. The monoisotopic (exact) mass is 305 g/mol. The number of thiophene rings is 1. The normalized spacial score (nSPS) is 21.5. The summed E-state index contributed by atoms with van der Waals surface area (Å²) in [5.41, 5.74) is 0. The van der Waals surface area contributed by atoms with Gasteiger partial charge in [0.25, 0.3) is 0 Å². The fraction of sp³-hybridized carbons (Fsp3) is 0.571. The molecule has 2 aromatic heterocycles. The summed E-state index contributed by atoms with van der Waals surface area (Å²) in [7, 11) is 0. The number of aromatic nitrogens is 2. The van der Waals surface area contributed by atoms with Crippen molar-refractivity contribution in [1.82, 2.24) is 25.3 Å². The molecule has 2 aliphatic heterocycles. The van der Waals surface area contributed by atoms with E-state index in [0.717, 1.165) is 62.6 Å². The Bertz CT molecular complexity index is 572. The van der Waals surface area contributed by atoms with Gasteiger partial charge in [0, 0.05) is 45.3 Å². The van der Waals surface area contributed by atoms with Crippen molar-refractivity contribution in [2.45, 2.75) is 12.6 Å². The van der Waals surface area contributed by atoms with Gasteiger partial charge in [-0.15, -0.1) is 11.3 Å². The zero-order valence-corrected chi connectivity index (χ0v) is 12.7. The van der Waals surface area contributed by atoms with Crippen molar-refractivity contribution in [2.24, 2.45) is 0 Å². The number of nitrogens with zero attached hydrogens (tertiary/aromatic N) is 4. The van der Waals surface area contributed by atoms with Crippen LogP contribution in [0.1, 0.15) is 5.89 Å². The molecule has 0 radical (unpaired) electrons. The lowest BCUT2D eigenvalue weighted by Gasteiger charge is -2.43. The van der Waals surface area contributed by atoms with Crippen LogP contribution in [0.2, 0.25) is 0 Å². The lowest BCUT2D eigenvalue weighted by atomic mass is 10.1. The topological polar surface area (TPSA) is 57.4 Å². The molecule has 2 saturated heterocycles. The predicted octanol–water partition coefficient (Wildman–Crippen LogP) is 0.887. The minimum Gasteiger partial charge on any atom is -0.338 e. The average Bonchev–Trinajstić information content (AvgIpc) is 3.09. The van der Waals surface area contributed by atoms with Gasteiger partial charge in [0.2, 0.25) is 11.7 Å². The van der Waals surface area contributed by atoms with Gasteiger partial charge in [0.05, 0.1) is 11.4 Å². The molecule has 0 atom stereocenters. The summed E-state index contributed by atoms with van der Waals surface area (Å²) in [5, 5.41) is 9.43. The highest BCUT2D eigenvalue weighted by atomic mass is 32.1. The van der Waals surface area contributed by atoms with Gasteiger partial charge in [-0.3, -0.25) is 9.80 Å². The fourth-order valence-corrected chi connectivity index (χ4v) is 3.48. The van der Waals surface area contributed by atoms with E-state index in [1.807, 2.05) is 17.5 Å². The van der Waals surface area contributed by atoms with E-state index in [2.05, 4.69) is 25.3 Å². The standard InChI is InChI=1S/C14H19N5OS/c1-2-12(21-7-1)14-16-13(20-17-14)10-18-3-5-19(6-4-18)11-8-15-9-11/h1-2,7,11,15H,3-6,8-10H2. The number of hydrogen-bond donors (Lipinski definition) is 1. The van der Waals surface area contributed by atoms with Crippen LogP contribution in [-0.4, -0.2) is 65.3 Å². The molecule has 0 aromatic carbocycles. The summed E-state index contributed by atoms with van der Waals surface area (Å²) in [5.74, 6) is 1.43. The maximum Gasteiger partial charge on any atom is 0.241 e.